The minimum absolute atomic E-state index is 0.182. The number of hydrogen-bond acceptors (Lipinski definition) is 3. The maximum atomic E-state index is 8.41. The van der Waals surface area contributed by atoms with Gasteiger partial charge in [-0.25, -0.2) is 0 Å². The van der Waals surface area contributed by atoms with Crippen molar-refractivity contribution in [2.75, 3.05) is 0 Å². The largest absolute Gasteiger partial charge is 0.191 e. The summed E-state index contributed by atoms with van der Waals surface area (Å²) in [5.74, 6) is 0. The van der Waals surface area contributed by atoms with Crippen LogP contribution in [0.1, 0.15) is 11.3 Å². The summed E-state index contributed by atoms with van der Waals surface area (Å²) in [6.07, 6.45) is 1.52. The molecule has 0 N–H and O–H groups in total. The first-order chi connectivity index (χ1) is 4.75. The standard InChI is InChI=1S/C6H4ClN3/c1-4-3-9-10-5(2-8)6(4)7/h3H,1H3. The van der Waals surface area contributed by atoms with Crippen molar-refractivity contribution in [3.8, 4) is 6.07 Å². The van der Waals surface area contributed by atoms with Crippen molar-refractivity contribution in [1.29, 1.82) is 5.26 Å². The molecule has 0 bridgehead atoms. The van der Waals surface area contributed by atoms with Crippen LogP contribution in [0.15, 0.2) is 6.20 Å². The summed E-state index contributed by atoms with van der Waals surface area (Å²) in [4.78, 5) is 0. The quantitative estimate of drug-likeness (QED) is 0.565. The SMILES string of the molecule is Cc1cnnc(C#N)c1Cl. The zero-order valence-corrected chi connectivity index (χ0v) is 6.05. The molecule has 0 fully saturated rings. The number of halogens is 1. The summed E-state index contributed by atoms with van der Waals surface area (Å²) >= 11 is 5.67. The van der Waals surface area contributed by atoms with Gasteiger partial charge in [0.2, 0.25) is 0 Å². The van der Waals surface area contributed by atoms with Gasteiger partial charge in [-0.2, -0.15) is 10.4 Å². The lowest BCUT2D eigenvalue weighted by atomic mass is 10.3. The van der Waals surface area contributed by atoms with Crippen LogP contribution >= 0.6 is 11.6 Å². The second-order valence-electron chi connectivity index (χ2n) is 1.80. The number of aromatic nitrogens is 2. The Labute approximate surface area is 63.3 Å². The number of nitriles is 1. The highest BCUT2D eigenvalue weighted by Crippen LogP contribution is 2.15. The van der Waals surface area contributed by atoms with Crippen LogP contribution < -0.4 is 0 Å². The van der Waals surface area contributed by atoms with E-state index in [1.807, 2.05) is 6.07 Å². The molecule has 0 aliphatic heterocycles. The van der Waals surface area contributed by atoms with Crippen LogP contribution in [0, 0.1) is 18.3 Å². The van der Waals surface area contributed by atoms with Gasteiger partial charge in [0.1, 0.15) is 6.07 Å². The van der Waals surface area contributed by atoms with Gasteiger partial charge in [0.05, 0.1) is 11.2 Å². The van der Waals surface area contributed by atoms with Gasteiger partial charge in [-0.1, -0.05) is 11.6 Å². The van der Waals surface area contributed by atoms with E-state index in [1.54, 1.807) is 6.92 Å². The van der Waals surface area contributed by atoms with Gasteiger partial charge < -0.3 is 0 Å². The van der Waals surface area contributed by atoms with Crippen LogP contribution in [-0.2, 0) is 0 Å². The summed E-state index contributed by atoms with van der Waals surface area (Å²) in [7, 11) is 0. The Bertz CT molecular complexity index is 290. The third-order valence-electron chi connectivity index (χ3n) is 1.07. The fraction of sp³-hybridized carbons (Fsp3) is 0.167. The summed E-state index contributed by atoms with van der Waals surface area (Å²) in [5, 5.41) is 15.9. The van der Waals surface area contributed by atoms with Gasteiger partial charge >= 0.3 is 0 Å². The average molecular weight is 154 g/mol. The molecule has 1 rings (SSSR count). The first-order valence-corrected chi connectivity index (χ1v) is 3.01. The predicted molar refractivity (Wildman–Crippen MR) is 36.5 cm³/mol. The van der Waals surface area contributed by atoms with E-state index in [0.717, 1.165) is 5.56 Å². The Morgan fingerprint density at radius 3 is 2.90 bits per heavy atom. The van der Waals surface area contributed by atoms with Gasteiger partial charge in [-0.05, 0) is 12.5 Å². The molecule has 1 aromatic rings. The Morgan fingerprint density at radius 2 is 2.40 bits per heavy atom. The number of rotatable bonds is 0. The predicted octanol–water partition coefficient (Wildman–Crippen LogP) is 1.31. The molecule has 0 spiro atoms. The lowest BCUT2D eigenvalue weighted by Crippen LogP contribution is -1.90. The van der Waals surface area contributed by atoms with Crippen molar-refractivity contribution in [3.63, 3.8) is 0 Å². The van der Waals surface area contributed by atoms with Crippen molar-refractivity contribution >= 4 is 11.6 Å². The second-order valence-corrected chi connectivity index (χ2v) is 2.18. The normalized spacial score (nSPS) is 8.90. The molecule has 0 amide bonds. The monoisotopic (exact) mass is 153 g/mol. The van der Waals surface area contributed by atoms with Crippen LogP contribution in [-0.4, -0.2) is 10.2 Å². The Morgan fingerprint density at radius 1 is 1.70 bits per heavy atom. The molecule has 0 aliphatic rings. The van der Waals surface area contributed by atoms with Crippen molar-refractivity contribution in [1.82, 2.24) is 10.2 Å². The van der Waals surface area contributed by atoms with Crippen LogP contribution in [0.4, 0.5) is 0 Å². The van der Waals surface area contributed by atoms with E-state index in [-0.39, 0.29) is 5.69 Å². The molecule has 0 saturated carbocycles. The van der Waals surface area contributed by atoms with Gasteiger partial charge in [-0.15, -0.1) is 5.10 Å². The molecule has 0 aliphatic carbocycles. The van der Waals surface area contributed by atoms with E-state index in [9.17, 15) is 0 Å². The number of nitrogens with zero attached hydrogens (tertiary/aromatic N) is 3. The molecular formula is C6H4ClN3. The number of hydrogen-bond donors (Lipinski definition) is 0. The second kappa shape index (κ2) is 2.63. The van der Waals surface area contributed by atoms with E-state index in [0.29, 0.717) is 5.02 Å². The van der Waals surface area contributed by atoms with Gasteiger partial charge in [0.15, 0.2) is 5.69 Å². The number of aryl methyl sites for hydroxylation is 1. The molecule has 3 nitrogen and oxygen atoms in total. The molecule has 0 atom stereocenters. The van der Waals surface area contributed by atoms with Crippen molar-refractivity contribution < 1.29 is 0 Å². The molecule has 0 saturated heterocycles. The van der Waals surface area contributed by atoms with E-state index < -0.39 is 0 Å². The molecule has 0 radical (unpaired) electrons. The summed E-state index contributed by atoms with van der Waals surface area (Å²) in [6.45, 7) is 1.78. The molecule has 0 unspecified atom stereocenters. The average Bonchev–Trinajstić information content (AvgIpc) is 1.95. The van der Waals surface area contributed by atoms with E-state index in [4.69, 9.17) is 16.9 Å². The molecule has 50 valence electrons. The fourth-order valence-electron chi connectivity index (χ4n) is 0.532. The first kappa shape index (κ1) is 6.97. The minimum Gasteiger partial charge on any atom is -0.191 e. The molecule has 10 heavy (non-hydrogen) atoms. The van der Waals surface area contributed by atoms with Crippen LogP contribution in [0.5, 0.6) is 0 Å². The lowest BCUT2D eigenvalue weighted by molar-refractivity contribution is 0.994. The van der Waals surface area contributed by atoms with Crippen LogP contribution in [0.2, 0.25) is 5.02 Å². The first-order valence-electron chi connectivity index (χ1n) is 2.63. The Balaban J connectivity index is 3.31. The van der Waals surface area contributed by atoms with E-state index in [1.165, 1.54) is 6.20 Å². The highest BCUT2D eigenvalue weighted by Gasteiger charge is 2.02. The summed E-state index contributed by atoms with van der Waals surface area (Å²) in [6, 6.07) is 1.83. The highest BCUT2D eigenvalue weighted by atomic mass is 35.5. The highest BCUT2D eigenvalue weighted by molar-refractivity contribution is 6.32. The van der Waals surface area contributed by atoms with Crippen LogP contribution in [0.25, 0.3) is 0 Å². The van der Waals surface area contributed by atoms with Gasteiger partial charge in [-0.3, -0.25) is 0 Å². The Kier molecular flexibility index (Phi) is 1.83. The zero-order valence-electron chi connectivity index (χ0n) is 5.30. The smallest absolute Gasteiger partial charge is 0.181 e. The molecular weight excluding hydrogens is 150 g/mol. The Hall–Kier alpha value is -1.14. The lowest BCUT2D eigenvalue weighted by Gasteiger charge is -1.93. The molecule has 4 heteroatoms. The maximum absolute atomic E-state index is 8.41. The van der Waals surface area contributed by atoms with Crippen molar-refractivity contribution in [2.45, 2.75) is 6.92 Å². The van der Waals surface area contributed by atoms with Gasteiger partial charge in [0.25, 0.3) is 0 Å². The molecule has 1 aromatic heterocycles. The molecule has 1 heterocycles. The van der Waals surface area contributed by atoms with E-state index in [2.05, 4.69) is 10.2 Å². The minimum atomic E-state index is 0.182. The van der Waals surface area contributed by atoms with Gasteiger partial charge in [0, 0.05) is 0 Å². The van der Waals surface area contributed by atoms with Crippen molar-refractivity contribution in [2.24, 2.45) is 0 Å². The van der Waals surface area contributed by atoms with Crippen LogP contribution in [0.3, 0.4) is 0 Å². The third-order valence-corrected chi connectivity index (χ3v) is 1.55. The molecule has 0 aromatic carbocycles. The summed E-state index contributed by atoms with van der Waals surface area (Å²) in [5.41, 5.74) is 0.954. The fourth-order valence-corrected chi connectivity index (χ4v) is 0.661. The van der Waals surface area contributed by atoms with E-state index >= 15 is 0 Å². The van der Waals surface area contributed by atoms with Crippen molar-refractivity contribution in [3.05, 3.63) is 22.5 Å². The summed E-state index contributed by atoms with van der Waals surface area (Å²) < 4.78 is 0. The zero-order chi connectivity index (χ0) is 7.56. The third kappa shape index (κ3) is 1.07. The maximum Gasteiger partial charge on any atom is 0.181 e. The topological polar surface area (TPSA) is 49.6 Å².